The first-order chi connectivity index (χ1) is 19.6. The van der Waals surface area contributed by atoms with Gasteiger partial charge in [0.25, 0.3) is 5.91 Å². The van der Waals surface area contributed by atoms with E-state index in [1.807, 2.05) is 24.4 Å². The van der Waals surface area contributed by atoms with E-state index in [2.05, 4.69) is 61.2 Å². The first-order valence-electron chi connectivity index (χ1n) is 13.6. The normalized spacial score (nSPS) is 12.5. The minimum atomic E-state index is -2.79. The molecule has 5 aromatic rings. The summed E-state index contributed by atoms with van der Waals surface area (Å²) in [4.78, 5) is 22.9. The van der Waals surface area contributed by atoms with Gasteiger partial charge in [-0.05, 0) is 58.8 Å². The van der Waals surface area contributed by atoms with Crippen molar-refractivity contribution in [1.29, 1.82) is 0 Å². The fourth-order valence-electron chi connectivity index (χ4n) is 4.77. The van der Waals surface area contributed by atoms with Gasteiger partial charge in [0.2, 0.25) is 0 Å². The molecule has 0 aliphatic rings. The van der Waals surface area contributed by atoms with E-state index in [0.29, 0.717) is 17.1 Å². The second-order valence-corrected chi connectivity index (χ2v) is 18.4. The summed E-state index contributed by atoms with van der Waals surface area (Å²) in [7, 11) is -1.81. The van der Waals surface area contributed by atoms with Crippen molar-refractivity contribution < 1.29 is 13.6 Å². The van der Waals surface area contributed by atoms with E-state index >= 15 is 0 Å². The van der Waals surface area contributed by atoms with E-state index in [4.69, 9.17) is 4.98 Å². The van der Waals surface area contributed by atoms with Crippen molar-refractivity contribution in [3.63, 3.8) is 0 Å². The number of imidazole rings is 1. The molecule has 0 spiro atoms. The van der Waals surface area contributed by atoms with E-state index in [9.17, 15) is 13.6 Å². The van der Waals surface area contributed by atoms with Gasteiger partial charge in [-0.15, -0.1) is 11.3 Å². The third-order valence-electron chi connectivity index (χ3n) is 6.98. The van der Waals surface area contributed by atoms with Gasteiger partial charge in [-0.3, -0.25) is 9.00 Å². The number of aromatic nitrogens is 3. The lowest BCUT2D eigenvalue weighted by Crippen LogP contribution is -2.35. The molecule has 41 heavy (non-hydrogen) atoms. The predicted octanol–water partition coefficient (Wildman–Crippen LogP) is 6.46. The number of rotatable bonds is 9. The summed E-state index contributed by atoms with van der Waals surface area (Å²) in [6.07, 6.45) is 3.68. The highest BCUT2D eigenvalue weighted by Gasteiger charge is 2.29. The quantitative estimate of drug-likeness (QED) is 0.143. The Labute approximate surface area is 248 Å². The van der Waals surface area contributed by atoms with Gasteiger partial charge in [-0.25, -0.2) is 14.3 Å². The smallest absolute Gasteiger partial charge is 0.270 e. The predicted molar refractivity (Wildman–Crippen MR) is 170 cm³/mol. The van der Waals surface area contributed by atoms with Gasteiger partial charge in [-0.1, -0.05) is 69.0 Å². The first-order valence-corrected chi connectivity index (χ1v) is 19.0. The zero-order valence-corrected chi connectivity index (χ0v) is 26.5. The van der Waals surface area contributed by atoms with Gasteiger partial charge in [0.15, 0.2) is 5.65 Å². The summed E-state index contributed by atoms with van der Waals surface area (Å²) < 4.78 is 29.2. The Kier molecular flexibility index (Phi) is 8.37. The number of benzene rings is 2. The highest BCUT2D eigenvalue weighted by molar-refractivity contribution is 7.82. The van der Waals surface area contributed by atoms with E-state index in [1.54, 1.807) is 30.3 Å². The minimum Gasteiger partial charge on any atom is -0.755 e. The van der Waals surface area contributed by atoms with Crippen molar-refractivity contribution in [3.05, 3.63) is 95.4 Å². The second-order valence-electron chi connectivity index (χ2n) is 11.1. The fraction of sp³-hybridized carbons (Fsp3) is 0.258. The van der Waals surface area contributed by atoms with Crippen molar-refractivity contribution in [3.8, 4) is 11.1 Å². The van der Waals surface area contributed by atoms with Crippen LogP contribution in [0.3, 0.4) is 0 Å². The molecule has 212 valence electrons. The molecule has 0 saturated carbocycles. The van der Waals surface area contributed by atoms with Gasteiger partial charge < -0.3 is 9.12 Å². The van der Waals surface area contributed by atoms with Crippen LogP contribution in [0.2, 0.25) is 19.6 Å². The third-order valence-corrected chi connectivity index (χ3v) is 12.4. The molecule has 0 bridgehead atoms. The molecule has 0 fully saturated rings. The van der Waals surface area contributed by atoms with Crippen LogP contribution in [-0.4, -0.2) is 37.3 Å². The molecule has 3 aromatic heterocycles. The van der Waals surface area contributed by atoms with Crippen molar-refractivity contribution in [2.24, 2.45) is 0 Å². The molecule has 7 nitrogen and oxygen atoms in total. The van der Waals surface area contributed by atoms with Crippen LogP contribution in [0.4, 0.5) is 5.00 Å². The van der Waals surface area contributed by atoms with Crippen molar-refractivity contribution in [2.45, 2.75) is 52.9 Å². The topological polar surface area (TPSA) is 91.2 Å². The van der Waals surface area contributed by atoms with Crippen LogP contribution in [0, 0.1) is 6.92 Å². The highest BCUT2D eigenvalue weighted by Crippen LogP contribution is 2.38. The van der Waals surface area contributed by atoms with Crippen LogP contribution in [0.15, 0.2) is 72.9 Å². The number of carbonyl (C=O) groups excluding carboxylic acids is 1. The Morgan fingerprint density at radius 1 is 1.07 bits per heavy atom. The average Bonchev–Trinajstić information content (AvgIpc) is 3.53. The maximum absolute atomic E-state index is 13.4. The van der Waals surface area contributed by atoms with Crippen molar-refractivity contribution in [2.75, 3.05) is 4.31 Å². The largest absolute Gasteiger partial charge is 0.755 e. The Bertz CT molecular complexity index is 1720. The van der Waals surface area contributed by atoms with Crippen LogP contribution in [0.1, 0.15) is 40.7 Å². The summed E-state index contributed by atoms with van der Waals surface area (Å²) in [5.74, 6) is 0.445. The molecule has 0 aliphatic carbocycles. The monoisotopic (exact) mass is 601 g/mol. The van der Waals surface area contributed by atoms with E-state index in [1.165, 1.54) is 11.3 Å². The van der Waals surface area contributed by atoms with Gasteiger partial charge in [0.1, 0.15) is 16.3 Å². The maximum atomic E-state index is 13.4. The number of nitrogens with zero attached hydrogens (tertiary/aromatic N) is 4. The highest BCUT2D eigenvalue weighted by atomic mass is 32.2. The molecule has 2 aromatic carbocycles. The molecule has 1 amide bonds. The Morgan fingerprint density at radius 2 is 1.78 bits per heavy atom. The number of thiophene rings is 1. The second kappa shape index (κ2) is 11.8. The number of amides is 1. The van der Waals surface area contributed by atoms with Gasteiger partial charge in [0, 0.05) is 23.7 Å². The molecular formula is C31H33N4O3S2Si-. The van der Waals surface area contributed by atoms with Crippen LogP contribution in [-0.2, 0) is 24.2 Å². The number of hydrogen-bond acceptors (Lipinski definition) is 6. The van der Waals surface area contributed by atoms with Crippen molar-refractivity contribution >= 4 is 57.2 Å². The number of pyridine rings is 1. The SMILES string of the molecule is CCCc1nc2c(C)ccnc2n1Cc1ccc(-c2cc([Si](C)(C)C)sc2N(C(=O)c2ccccc2)S(=O)[O-])cc1. The summed E-state index contributed by atoms with van der Waals surface area (Å²) in [5, 5.41) is 0.419. The fourth-order valence-corrected chi connectivity index (χ4v) is 8.47. The summed E-state index contributed by atoms with van der Waals surface area (Å²) in [5.41, 5.74) is 5.92. The van der Waals surface area contributed by atoms with E-state index in [-0.39, 0.29) is 0 Å². The zero-order valence-electron chi connectivity index (χ0n) is 23.9. The summed E-state index contributed by atoms with van der Waals surface area (Å²) >= 11 is -1.39. The third kappa shape index (κ3) is 5.96. The first kappa shape index (κ1) is 29.1. The number of aryl methyl sites for hydroxylation is 2. The Morgan fingerprint density at radius 3 is 2.41 bits per heavy atom. The molecule has 10 heteroatoms. The number of fused-ring (bicyclic) bond motifs is 1. The number of carbonyl (C=O) groups is 1. The number of hydrogen-bond donors (Lipinski definition) is 0. The Balaban J connectivity index is 1.54. The Hall–Kier alpha value is -3.44. The standard InChI is InChI=1S/C31H34N4O3S2Si/c1-6-10-26-33-28-21(2)17-18-32-29(28)34(26)20-22-13-15-23(16-14-22)25-19-27(41(3,4)5)39-31(25)35(40(37)38)30(36)24-11-8-7-9-12-24/h7-9,11-19H,6,10,20H2,1-5H3,(H,37,38)/p-1. The molecular weight excluding hydrogens is 569 g/mol. The molecule has 0 radical (unpaired) electrons. The lowest BCUT2D eigenvalue weighted by Gasteiger charge is -2.24. The van der Waals surface area contributed by atoms with E-state index in [0.717, 1.165) is 60.9 Å². The van der Waals surface area contributed by atoms with Gasteiger partial charge in [0.05, 0.1) is 25.9 Å². The average molecular weight is 602 g/mol. The van der Waals surface area contributed by atoms with Crippen LogP contribution in [0.5, 0.6) is 0 Å². The number of anilines is 1. The maximum Gasteiger partial charge on any atom is 0.270 e. The molecule has 0 aliphatic heterocycles. The lowest BCUT2D eigenvalue weighted by atomic mass is 10.1. The minimum absolute atomic E-state index is 0.320. The molecule has 0 saturated heterocycles. The van der Waals surface area contributed by atoms with Gasteiger partial charge in [-0.2, -0.15) is 0 Å². The van der Waals surface area contributed by atoms with Gasteiger partial charge >= 0.3 is 0 Å². The molecule has 1 atom stereocenters. The zero-order chi connectivity index (χ0) is 29.3. The van der Waals surface area contributed by atoms with Crippen LogP contribution in [0.25, 0.3) is 22.3 Å². The van der Waals surface area contributed by atoms with Crippen LogP contribution >= 0.6 is 11.3 Å². The molecule has 3 heterocycles. The van der Waals surface area contributed by atoms with E-state index < -0.39 is 25.2 Å². The molecule has 0 N–H and O–H groups in total. The molecule has 1 unspecified atom stereocenters. The lowest BCUT2D eigenvalue weighted by molar-refractivity contribution is 0.101. The molecule has 5 rings (SSSR count). The van der Waals surface area contributed by atoms with Crippen molar-refractivity contribution in [1.82, 2.24) is 14.5 Å². The van der Waals surface area contributed by atoms with Crippen LogP contribution < -0.4 is 8.81 Å². The summed E-state index contributed by atoms with van der Waals surface area (Å²) in [6.45, 7) is 11.5. The summed E-state index contributed by atoms with van der Waals surface area (Å²) in [6, 6.07) is 20.7.